The van der Waals surface area contributed by atoms with Crippen LogP contribution in [0, 0.1) is 0 Å². The number of hydrogen-bond donors (Lipinski definition) is 0. The molecule has 0 fully saturated rings. The highest BCUT2D eigenvalue weighted by atomic mass is 79.9. The van der Waals surface area contributed by atoms with Crippen LogP contribution in [0.2, 0.25) is 0 Å². The number of rotatable bonds is 3. The molecule has 0 saturated carbocycles. The van der Waals surface area contributed by atoms with Gasteiger partial charge >= 0.3 is 0 Å². The molecule has 4 heteroatoms. The Hall–Kier alpha value is -1.68. The molecule has 2 aromatic rings. The summed E-state index contributed by atoms with van der Waals surface area (Å²) >= 11 is 3.32. The zero-order valence-electron chi connectivity index (χ0n) is 8.97. The molecule has 0 radical (unpaired) electrons. The third-order valence-electron chi connectivity index (χ3n) is 2.35. The van der Waals surface area contributed by atoms with Gasteiger partial charge < -0.3 is 4.57 Å². The first-order valence-corrected chi connectivity index (χ1v) is 5.89. The largest absolute Gasteiger partial charge is 0.346 e. The van der Waals surface area contributed by atoms with Crippen LogP contribution in [0.25, 0.3) is 0 Å². The Morgan fingerprint density at radius 2 is 1.65 bits per heavy atom. The van der Waals surface area contributed by atoms with E-state index >= 15 is 0 Å². The minimum absolute atomic E-state index is 0.0150. The van der Waals surface area contributed by atoms with Gasteiger partial charge in [0.2, 0.25) is 0 Å². The van der Waals surface area contributed by atoms with Crippen molar-refractivity contribution in [2.24, 2.45) is 0 Å². The molecule has 0 unspecified atom stereocenters. The van der Waals surface area contributed by atoms with Crippen LogP contribution in [0.15, 0.2) is 58.1 Å². The number of pyridine rings is 1. The van der Waals surface area contributed by atoms with Crippen LogP contribution in [0.3, 0.4) is 0 Å². The lowest BCUT2D eigenvalue weighted by molar-refractivity contribution is 0.0972. The van der Waals surface area contributed by atoms with Crippen molar-refractivity contribution in [3.63, 3.8) is 0 Å². The first kappa shape index (κ1) is 11.8. The van der Waals surface area contributed by atoms with Crippen molar-refractivity contribution >= 4 is 21.7 Å². The molecule has 3 nitrogen and oxygen atoms in total. The number of nitrogens with zero attached hydrogens (tertiary/aromatic N) is 1. The fourth-order valence-corrected chi connectivity index (χ4v) is 1.71. The van der Waals surface area contributed by atoms with Gasteiger partial charge in [-0.2, -0.15) is 0 Å². The Balaban J connectivity index is 2.14. The van der Waals surface area contributed by atoms with Gasteiger partial charge in [-0.15, -0.1) is 0 Å². The molecule has 0 aliphatic rings. The molecule has 0 N–H and O–H groups in total. The number of Topliss-reactive ketones (excluding diaryl/α,β-unsaturated/α-hetero) is 1. The van der Waals surface area contributed by atoms with Gasteiger partial charge in [0.25, 0.3) is 0 Å². The quantitative estimate of drug-likeness (QED) is 0.815. The number of benzene rings is 1. The van der Waals surface area contributed by atoms with Crippen molar-refractivity contribution in [3.05, 3.63) is 69.1 Å². The van der Waals surface area contributed by atoms with Crippen molar-refractivity contribution in [2.45, 2.75) is 6.54 Å². The summed E-state index contributed by atoms with van der Waals surface area (Å²) in [6.07, 6.45) is 3.22. The lowest BCUT2D eigenvalue weighted by atomic mass is 10.1. The smallest absolute Gasteiger partial charge is 0.182 e. The summed E-state index contributed by atoms with van der Waals surface area (Å²) in [6.45, 7) is 0.238. The normalized spacial score (nSPS) is 10.2. The molecule has 17 heavy (non-hydrogen) atoms. The minimum Gasteiger partial charge on any atom is -0.346 e. The molecule has 1 heterocycles. The van der Waals surface area contributed by atoms with Crippen molar-refractivity contribution in [2.75, 3.05) is 0 Å². The van der Waals surface area contributed by atoms with Gasteiger partial charge in [0, 0.05) is 34.6 Å². The van der Waals surface area contributed by atoms with Gasteiger partial charge in [0.1, 0.15) is 0 Å². The van der Waals surface area contributed by atoms with Crippen molar-refractivity contribution in [3.8, 4) is 0 Å². The standard InChI is InChI=1S/C13H10BrNO2/c14-11-3-1-10(2-4-11)13(17)9-15-7-5-12(16)6-8-15/h1-8H,9H2. The maximum Gasteiger partial charge on any atom is 0.182 e. The number of carbonyl (C=O) groups excluding carboxylic acids is 1. The number of ketones is 1. The second kappa shape index (κ2) is 5.10. The summed E-state index contributed by atoms with van der Waals surface area (Å²) in [5, 5.41) is 0. The van der Waals surface area contributed by atoms with Gasteiger partial charge in [0.15, 0.2) is 11.2 Å². The molecule has 0 spiro atoms. The van der Waals surface area contributed by atoms with E-state index in [1.54, 1.807) is 29.1 Å². The van der Waals surface area contributed by atoms with E-state index < -0.39 is 0 Å². The molecule has 0 aliphatic heterocycles. The average Bonchev–Trinajstić information content (AvgIpc) is 2.33. The average molecular weight is 292 g/mol. The van der Waals surface area contributed by atoms with E-state index in [-0.39, 0.29) is 17.8 Å². The third-order valence-corrected chi connectivity index (χ3v) is 2.88. The van der Waals surface area contributed by atoms with Crippen LogP contribution < -0.4 is 5.43 Å². The third kappa shape index (κ3) is 3.14. The Labute approximate surface area is 107 Å². The van der Waals surface area contributed by atoms with Crippen molar-refractivity contribution in [1.82, 2.24) is 4.57 Å². The van der Waals surface area contributed by atoms with Crippen LogP contribution in [-0.4, -0.2) is 10.4 Å². The fraction of sp³-hybridized carbons (Fsp3) is 0.0769. The molecule has 0 amide bonds. The summed E-state index contributed by atoms with van der Waals surface area (Å²) in [5.41, 5.74) is 0.601. The van der Waals surface area contributed by atoms with E-state index in [1.807, 2.05) is 12.1 Å². The second-order valence-corrected chi connectivity index (χ2v) is 4.55. The molecular formula is C13H10BrNO2. The van der Waals surface area contributed by atoms with E-state index in [1.165, 1.54) is 12.1 Å². The van der Waals surface area contributed by atoms with Gasteiger partial charge in [-0.25, -0.2) is 0 Å². The molecule has 2 rings (SSSR count). The molecule has 1 aromatic carbocycles. The highest BCUT2D eigenvalue weighted by Crippen LogP contribution is 2.11. The molecule has 86 valence electrons. The van der Waals surface area contributed by atoms with Crippen LogP contribution in [0.4, 0.5) is 0 Å². The molecule has 0 atom stereocenters. The molecular weight excluding hydrogens is 282 g/mol. The first-order chi connectivity index (χ1) is 8.15. The number of halogens is 1. The van der Waals surface area contributed by atoms with E-state index in [9.17, 15) is 9.59 Å². The maximum absolute atomic E-state index is 11.9. The number of carbonyl (C=O) groups is 1. The monoisotopic (exact) mass is 291 g/mol. The van der Waals surface area contributed by atoms with Crippen molar-refractivity contribution in [1.29, 1.82) is 0 Å². The summed E-state index contributed by atoms with van der Waals surface area (Å²) in [7, 11) is 0. The van der Waals surface area contributed by atoms with Crippen LogP contribution in [0.1, 0.15) is 10.4 Å². The Morgan fingerprint density at radius 1 is 1.06 bits per heavy atom. The molecule has 0 bridgehead atoms. The Bertz CT molecular complexity index is 567. The maximum atomic E-state index is 11.9. The van der Waals surface area contributed by atoms with Crippen LogP contribution in [0.5, 0.6) is 0 Å². The highest BCUT2D eigenvalue weighted by Gasteiger charge is 2.05. The molecule has 0 saturated heterocycles. The fourth-order valence-electron chi connectivity index (χ4n) is 1.44. The molecule has 1 aromatic heterocycles. The topological polar surface area (TPSA) is 39.1 Å². The van der Waals surface area contributed by atoms with E-state index in [4.69, 9.17) is 0 Å². The van der Waals surface area contributed by atoms with Crippen LogP contribution in [-0.2, 0) is 6.54 Å². The predicted molar refractivity (Wildman–Crippen MR) is 69.2 cm³/mol. The summed E-state index contributed by atoms with van der Waals surface area (Å²) < 4.78 is 2.63. The second-order valence-electron chi connectivity index (χ2n) is 3.64. The summed E-state index contributed by atoms with van der Waals surface area (Å²) in [4.78, 5) is 22.8. The number of aromatic nitrogens is 1. The lowest BCUT2D eigenvalue weighted by Crippen LogP contribution is -2.11. The Morgan fingerprint density at radius 3 is 2.24 bits per heavy atom. The van der Waals surface area contributed by atoms with Gasteiger partial charge in [-0.05, 0) is 12.1 Å². The Kier molecular flexibility index (Phi) is 3.54. The lowest BCUT2D eigenvalue weighted by Gasteiger charge is -2.04. The van der Waals surface area contributed by atoms with Crippen molar-refractivity contribution < 1.29 is 4.79 Å². The van der Waals surface area contributed by atoms with E-state index in [0.717, 1.165) is 4.47 Å². The zero-order valence-corrected chi connectivity index (χ0v) is 10.6. The SMILES string of the molecule is O=C(Cn1ccc(=O)cc1)c1ccc(Br)cc1. The highest BCUT2D eigenvalue weighted by molar-refractivity contribution is 9.10. The minimum atomic E-state index is -0.0580. The van der Waals surface area contributed by atoms with Crippen LogP contribution >= 0.6 is 15.9 Å². The first-order valence-electron chi connectivity index (χ1n) is 5.10. The van der Waals surface area contributed by atoms with Gasteiger partial charge in [-0.1, -0.05) is 28.1 Å². The zero-order chi connectivity index (χ0) is 12.3. The van der Waals surface area contributed by atoms with Gasteiger partial charge in [0.05, 0.1) is 6.54 Å². The van der Waals surface area contributed by atoms with Gasteiger partial charge in [-0.3, -0.25) is 9.59 Å². The summed E-state index contributed by atoms with van der Waals surface area (Å²) in [5.74, 6) is 0.0150. The predicted octanol–water partition coefficient (Wildman–Crippen LogP) is 2.49. The summed E-state index contributed by atoms with van der Waals surface area (Å²) in [6, 6.07) is 10.1. The molecule has 0 aliphatic carbocycles. The van der Waals surface area contributed by atoms with E-state index in [2.05, 4.69) is 15.9 Å². The van der Waals surface area contributed by atoms with E-state index in [0.29, 0.717) is 5.56 Å². The number of hydrogen-bond acceptors (Lipinski definition) is 2.